The predicted octanol–water partition coefficient (Wildman–Crippen LogP) is 1.94. The molecule has 0 aliphatic carbocycles. The fourth-order valence-electron chi connectivity index (χ4n) is 3.80. The van der Waals surface area contributed by atoms with Crippen LogP contribution in [0.1, 0.15) is 66.4 Å². The van der Waals surface area contributed by atoms with E-state index in [0.29, 0.717) is 12.0 Å². The van der Waals surface area contributed by atoms with Crippen molar-refractivity contribution >= 4 is 23.7 Å². The molecule has 0 aromatic heterocycles. The van der Waals surface area contributed by atoms with Crippen LogP contribution in [-0.4, -0.2) is 58.1 Å². The first-order chi connectivity index (χ1) is 17.2. The van der Waals surface area contributed by atoms with E-state index < -0.39 is 47.9 Å². The quantitative estimate of drug-likeness (QED) is 0.205. The fraction of sp³-hybridized carbons (Fsp3) is 0.630. The molecule has 37 heavy (non-hydrogen) atoms. The summed E-state index contributed by atoms with van der Waals surface area (Å²) in [5, 5.41) is 27.1. The number of aromatic hydroxyl groups is 1. The molecule has 10 heteroatoms. The van der Waals surface area contributed by atoms with Crippen LogP contribution in [0.4, 0.5) is 0 Å². The summed E-state index contributed by atoms with van der Waals surface area (Å²) in [6.07, 6.45) is 1.31. The van der Waals surface area contributed by atoms with Gasteiger partial charge >= 0.3 is 5.97 Å². The zero-order valence-electron chi connectivity index (χ0n) is 22.8. The van der Waals surface area contributed by atoms with Crippen LogP contribution in [0.2, 0.25) is 0 Å². The van der Waals surface area contributed by atoms with Crippen LogP contribution in [0.15, 0.2) is 24.3 Å². The van der Waals surface area contributed by atoms with Gasteiger partial charge in [0, 0.05) is 6.42 Å². The molecule has 0 spiro atoms. The highest BCUT2D eigenvalue weighted by molar-refractivity contribution is 5.94. The first-order valence-corrected chi connectivity index (χ1v) is 12.9. The first-order valence-electron chi connectivity index (χ1n) is 12.9. The van der Waals surface area contributed by atoms with Crippen molar-refractivity contribution in [1.82, 2.24) is 16.0 Å². The molecule has 1 aromatic rings. The lowest BCUT2D eigenvalue weighted by atomic mass is 9.97. The fourth-order valence-corrected chi connectivity index (χ4v) is 3.80. The van der Waals surface area contributed by atoms with Crippen molar-refractivity contribution in [3.63, 3.8) is 0 Å². The van der Waals surface area contributed by atoms with E-state index in [0.717, 1.165) is 0 Å². The number of carbonyl (C=O) groups excluding carboxylic acids is 3. The van der Waals surface area contributed by atoms with Gasteiger partial charge in [0.25, 0.3) is 0 Å². The molecule has 0 radical (unpaired) electrons. The Balaban J connectivity index is 3.16. The Morgan fingerprint density at radius 3 is 1.73 bits per heavy atom. The van der Waals surface area contributed by atoms with E-state index in [9.17, 15) is 29.4 Å². The first kappa shape index (κ1) is 31.9. The molecule has 5 unspecified atom stereocenters. The third kappa shape index (κ3) is 11.2. The minimum absolute atomic E-state index is 0.0217. The van der Waals surface area contributed by atoms with Gasteiger partial charge in [-0.25, -0.2) is 4.79 Å². The van der Waals surface area contributed by atoms with Crippen LogP contribution in [0, 0.1) is 17.8 Å². The number of carbonyl (C=O) groups is 4. The van der Waals surface area contributed by atoms with Gasteiger partial charge in [-0.3, -0.25) is 14.4 Å². The number of carboxylic acids is 1. The molecule has 0 saturated heterocycles. The summed E-state index contributed by atoms with van der Waals surface area (Å²) in [7, 11) is 0. The molecule has 1 aromatic carbocycles. The summed E-state index contributed by atoms with van der Waals surface area (Å²) in [5.41, 5.74) is 6.76. The number of aliphatic carboxylic acids is 1. The maximum absolute atomic E-state index is 13.4. The summed E-state index contributed by atoms with van der Waals surface area (Å²) in [6, 6.07) is 2.29. The summed E-state index contributed by atoms with van der Waals surface area (Å²) in [4.78, 5) is 50.9. The largest absolute Gasteiger partial charge is 0.508 e. The van der Waals surface area contributed by atoms with Gasteiger partial charge in [-0.2, -0.15) is 0 Å². The number of phenols is 1. The molecule has 5 atom stereocenters. The molecule has 208 valence electrons. The van der Waals surface area contributed by atoms with E-state index in [-0.39, 0.29) is 42.8 Å². The molecule has 0 heterocycles. The maximum Gasteiger partial charge on any atom is 0.326 e. The second-order valence-electron chi connectivity index (χ2n) is 10.6. The zero-order valence-corrected chi connectivity index (χ0v) is 22.8. The number of hydrogen-bond acceptors (Lipinski definition) is 6. The average molecular weight is 521 g/mol. The topological polar surface area (TPSA) is 171 Å². The Morgan fingerprint density at radius 2 is 1.24 bits per heavy atom. The third-order valence-corrected chi connectivity index (χ3v) is 6.23. The molecular weight excluding hydrogens is 476 g/mol. The summed E-state index contributed by atoms with van der Waals surface area (Å²) >= 11 is 0. The number of benzene rings is 1. The molecule has 0 fully saturated rings. The maximum atomic E-state index is 13.4. The highest BCUT2D eigenvalue weighted by Gasteiger charge is 2.31. The Kier molecular flexibility index (Phi) is 13.1. The van der Waals surface area contributed by atoms with E-state index >= 15 is 0 Å². The average Bonchev–Trinajstić information content (AvgIpc) is 2.82. The van der Waals surface area contributed by atoms with Crippen molar-refractivity contribution in [3.05, 3.63) is 29.8 Å². The van der Waals surface area contributed by atoms with Crippen molar-refractivity contribution in [2.24, 2.45) is 23.5 Å². The van der Waals surface area contributed by atoms with E-state index in [2.05, 4.69) is 16.0 Å². The van der Waals surface area contributed by atoms with Gasteiger partial charge in [0.15, 0.2) is 0 Å². The minimum atomic E-state index is -1.15. The SMILES string of the molecule is CCC(C)C(N)C(=O)NC(Cc1ccc(O)cc1)C(=O)NC(CC(C)C)C(=O)NC(CC(C)C)C(=O)O. The summed E-state index contributed by atoms with van der Waals surface area (Å²) < 4.78 is 0. The number of amides is 3. The smallest absolute Gasteiger partial charge is 0.326 e. The van der Waals surface area contributed by atoms with Gasteiger partial charge in [0.2, 0.25) is 17.7 Å². The van der Waals surface area contributed by atoms with Crippen molar-refractivity contribution < 1.29 is 29.4 Å². The molecule has 10 nitrogen and oxygen atoms in total. The van der Waals surface area contributed by atoms with Crippen LogP contribution in [0.5, 0.6) is 5.75 Å². The Hall–Kier alpha value is -3.14. The highest BCUT2D eigenvalue weighted by Crippen LogP contribution is 2.14. The highest BCUT2D eigenvalue weighted by atomic mass is 16.4. The molecular formula is C27H44N4O6. The lowest BCUT2D eigenvalue weighted by molar-refractivity contribution is -0.143. The molecule has 7 N–H and O–H groups in total. The van der Waals surface area contributed by atoms with Crippen LogP contribution < -0.4 is 21.7 Å². The second kappa shape index (κ2) is 15.2. The van der Waals surface area contributed by atoms with Crippen LogP contribution in [-0.2, 0) is 25.6 Å². The van der Waals surface area contributed by atoms with Gasteiger partial charge < -0.3 is 31.9 Å². The van der Waals surface area contributed by atoms with Gasteiger partial charge in [-0.05, 0) is 48.3 Å². The normalized spacial score (nSPS) is 15.4. The molecule has 0 saturated carbocycles. The Bertz CT molecular complexity index is 903. The molecule has 1 rings (SSSR count). The number of hydrogen-bond donors (Lipinski definition) is 6. The van der Waals surface area contributed by atoms with Crippen molar-refractivity contribution in [1.29, 1.82) is 0 Å². The molecule has 0 bridgehead atoms. The number of nitrogens with one attached hydrogen (secondary N) is 3. The Labute approximate surface area is 219 Å². The van der Waals surface area contributed by atoms with Crippen LogP contribution in [0.3, 0.4) is 0 Å². The standard InChI is InChI=1S/C27H44N4O6/c1-7-17(6)23(28)26(35)30-21(14-18-8-10-19(32)11-9-18)25(34)29-20(12-15(2)3)24(33)31-22(27(36)37)13-16(4)5/h8-11,15-17,20-23,32H,7,12-14,28H2,1-6H3,(H,29,34)(H,30,35)(H,31,33)(H,36,37). The van der Waals surface area contributed by atoms with Gasteiger partial charge in [-0.15, -0.1) is 0 Å². The number of phenolic OH excluding ortho intramolecular Hbond substituents is 1. The zero-order chi connectivity index (χ0) is 28.3. The van der Waals surface area contributed by atoms with Crippen molar-refractivity contribution in [3.8, 4) is 5.75 Å². The van der Waals surface area contributed by atoms with E-state index in [1.807, 2.05) is 41.5 Å². The number of carboxylic acid groups (broad SMARTS) is 1. The van der Waals surface area contributed by atoms with Crippen molar-refractivity contribution in [2.75, 3.05) is 0 Å². The number of rotatable bonds is 15. The summed E-state index contributed by atoms with van der Waals surface area (Å²) in [5.74, 6) is -2.79. The second-order valence-corrected chi connectivity index (χ2v) is 10.6. The number of nitrogens with two attached hydrogens (primary N) is 1. The molecule has 3 amide bonds. The minimum Gasteiger partial charge on any atom is -0.508 e. The third-order valence-electron chi connectivity index (χ3n) is 6.23. The Morgan fingerprint density at radius 1 is 0.784 bits per heavy atom. The van der Waals surface area contributed by atoms with E-state index in [1.165, 1.54) is 12.1 Å². The monoisotopic (exact) mass is 520 g/mol. The summed E-state index contributed by atoms with van der Waals surface area (Å²) in [6.45, 7) is 11.2. The van der Waals surface area contributed by atoms with Gasteiger partial charge in [0.05, 0.1) is 6.04 Å². The lowest BCUT2D eigenvalue weighted by Gasteiger charge is -2.27. The van der Waals surface area contributed by atoms with E-state index in [1.54, 1.807) is 12.1 Å². The van der Waals surface area contributed by atoms with Crippen LogP contribution in [0.25, 0.3) is 0 Å². The predicted molar refractivity (Wildman–Crippen MR) is 142 cm³/mol. The van der Waals surface area contributed by atoms with Crippen LogP contribution >= 0.6 is 0 Å². The molecule has 0 aliphatic rings. The van der Waals surface area contributed by atoms with E-state index in [4.69, 9.17) is 5.73 Å². The lowest BCUT2D eigenvalue weighted by Crippen LogP contribution is -2.58. The van der Waals surface area contributed by atoms with Crippen molar-refractivity contribution in [2.45, 2.75) is 91.4 Å². The van der Waals surface area contributed by atoms with Gasteiger partial charge in [-0.1, -0.05) is 60.1 Å². The van der Waals surface area contributed by atoms with Gasteiger partial charge in [0.1, 0.15) is 23.9 Å². The molecule has 0 aliphatic heterocycles.